The van der Waals surface area contributed by atoms with Crippen LogP contribution >= 0.6 is 15.9 Å². The summed E-state index contributed by atoms with van der Waals surface area (Å²) in [5.74, 6) is 2.30. The fraction of sp³-hybridized carbons (Fsp3) is 0.444. The first-order valence-electron chi connectivity index (χ1n) is 8.50. The lowest BCUT2D eigenvalue weighted by molar-refractivity contribution is 0.222. The predicted molar refractivity (Wildman–Crippen MR) is 103 cm³/mol. The molecule has 6 nitrogen and oxygen atoms in total. The van der Waals surface area contributed by atoms with Gasteiger partial charge in [0.15, 0.2) is 11.7 Å². The number of ether oxygens (including phenoxy) is 1. The average Bonchev–Trinajstić information content (AvgIpc) is 3.07. The van der Waals surface area contributed by atoms with Crippen LogP contribution in [0.3, 0.4) is 0 Å². The largest absolute Gasteiger partial charge is 0.488 e. The maximum absolute atomic E-state index is 5.93. The van der Waals surface area contributed by atoms with Gasteiger partial charge in [0.25, 0.3) is 0 Å². The van der Waals surface area contributed by atoms with E-state index in [-0.39, 0.29) is 6.10 Å². The molecule has 2 rings (SSSR count). The monoisotopic (exact) mass is 408 g/mol. The zero-order chi connectivity index (χ0) is 18.1. The Kier molecular flexibility index (Phi) is 7.78. The molecule has 0 aliphatic heterocycles. The molecule has 1 aromatic carbocycles. The molecule has 0 saturated carbocycles. The summed E-state index contributed by atoms with van der Waals surface area (Å²) in [5, 5.41) is 10.5. The molecule has 2 aromatic rings. The number of rotatable bonds is 8. The number of aliphatic imine (C=N–C) groups is 1. The minimum atomic E-state index is -0.0143. The first-order chi connectivity index (χ1) is 12.1. The number of hydrogen-bond acceptors (Lipinski definition) is 4. The SMILES string of the molecule is CCNC(=NCc1cc(CC)no1)NCC(C)Oc1ccccc1Br. The van der Waals surface area contributed by atoms with Gasteiger partial charge in [0.1, 0.15) is 18.4 Å². The van der Waals surface area contributed by atoms with Crippen molar-refractivity contribution in [2.24, 2.45) is 4.99 Å². The summed E-state index contributed by atoms with van der Waals surface area (Å²) < 4.78 is 12.1. The van der Waals surface area contributed by atoms with Gasteiger partial charge in [-0.15, -0.1) is 0 Å². The summed E-state index contributed by atoms with van der Waals surface area (Å²) in [4.78, 5) is 4.52. The van der Waals surface area contributed by atoms with Crippen LogP contribution < -0.4 is 15.4 Å². The van der Waals surface area contributed by atoms with Gasteiger partial charge in [-0.3, -0.25) is 0 Å². The van der Waals surface area contributed by atoms with Crippen molar-refractivity contribution in [3.05, 3.63) is 46.3 Å². The zero-order valence-electron chi connectivity index (χ0n) is 14.9. The van der Waals surface area contributed by atoms with E-state index in [0.717, 1.165) is 40.6 Å². The molecule has 0 aliphatic carbocycles. The van der Waals surface area contributed by atoms with Crippen molar-refractivity contribution in [1.29, 1.82) is 0 Å². The molecule has 0 bridgehead atoms. The van der Waals surface area contributed by atoms with Crippen molar-refractivity contribution in [1.82, 2.24) is 15.8 Å². The normalized spacial score (nSPS) is 12.7. The summed E-state index contributed by atoms with van der Waals surface area (Å²) in [6.45, 7) is 7.94. The van der Waals surface area contributed by atoms with E-state index < -0.39 is 0 Å². The van der Waals surface area contributed by atoms with Crippen molar-refractivity contribution >= 4 is 21.9 Å². The Morgan fingerprint density at radius 2 is 2.12 bits per heavy atom. The lowest BCUT2D eigenvalue weighted by Crippen LogP contribution is -2.41. The number of nitrogens with one attached hydrogen (secondary N) is 2. The molecule has 1 unspecified atom stereocenters. The van der Waals surface area contributed by atoms with Gasteiger partial charge in [-0.05, 0) is 48.3 Å². The zero-order valence-corrected chi connectivity index (χ0v) is 16.5. The number of aryl methyl sites for hydroxylation is 1. The van der Waals surface area contributed by atoms with Crippen LogP contribution in [-0.4, -0.2) is 30.3 Å². The lowest BCUT2D eigenvalue weighted by atomic mass is 10.3. The van der Waals surface area contributed by atoms with Crippen LogP contribution in [0.15, 0.2) is 44.3 Å². The molecule has 0 radical (unpaired) electrons. The minimum absolute atomic E-state index is 0.0143. The van der Waals surface area contributed by atoms with Crippen LogP contribution in [0.5, 0.6) is 5.75 Å². The van der Waals surface area contributed by atoms with Crippen LogP contribution in [0, 0.1) is 0 Å². The number of nitrogens with zero attached hydrogens (tertiary/aromatic N) is 2. The fourth-order valence-electron chi connectivity index (χ4n) is 2.13. The number of benzene rings is 1. The van der Waals surface area contributed by atoms with E-state index in [2.05, 4.69) is 36.7 Å². The minimum Gasteiger partial charge on any atom is -0.488 e. The molecular formula is C18H25BrN4O2. The Hall–Kier alpha value is -2.02. The van der Waals surface area contributed by atoms with Gasteiger partial charge in [-0.2, -0.15) is 0 Å². The Morgan fingerprint density at radius 3 is 2.80 bits per heavy atom. The van der Waals surface area contributed by atoms with Crippen molar-refractivity contribution in [2.45, 2.75) is 39.8 Å². The van der Waals surface area contributed by atoms with Crippen LogP contribution in [0.25, 0.3) is 0 Å². The van der Waals surface area contributed by atoms with E-state index in [1.807, 2.05) is 51.1 Å². The molecule has 1 atom stereocenters. The lowest BCUT2D eigenvalue weighted by Gasteiger charge is -2.18. The first kappa shape index (κ1) is 19.3. The van der Waals surface area contributed by atoms with Crippen LogP contribution in [0.4, 0.5) is 0 Å². The molecule has 0 fully saturated rings. The molecule has 1 aromatic heterocycles. The van der Waals surface area contributed by atoms with Gasteiger partial charge in [-0.25, -0.2) is 4.99 Å². The smallest absolute Gasteiger partial charge is 0.191 e. The Bertz CT molecular complexity index is 687. The molecule has 0 saturated heterocycles. The van der Waals surface area contributed by atoms with Crippen molar-refractivity contribution in [3.63, 3.8) is 0 Å². The molecule has 136 valence electrons. The second kappa shape index (κ2) is 10.1. The fourth-order valence-corrected chi connectivity index (χ4v) is 2.51. The summed E-state index contributed by atoms with van der Waals surface area (Å²) in [6.07, 6.45) is 0.842. The van der Waals surface area contributed by atoms with E-state index >= 15 is 0 Å². The summed E-state index contributed by atoms with van der Waals surface area (Å²) in [7, 11) is 0. The topological polar surface area (TPSA) is 71.7 Å². The molecule has 2 N–H and O–H groups in total. The Balaban J connectivity index is 1.87. The van der Waals surface area contributed by atoms with E-state index in [9.17, 15) is 0 Å². The quantitative estimate of drug-likeness (QED) is 0.516. The highest BCUT2D eigenvalue weighted by atomic mass is 79.9. The number of guanidine groups is 1. The van der Waals surface area contributed by atoms with Crippen LogP contribution in [-0.2, 0) is 13.0 Å². The highest BCUT2D eigenvalue weighted by molar-refractivity contribution is 9.10. The van der Waals surface area contributed by atoms with Crippen LogP contribution in [0.1, 0.15) is 32.2 Å². The highest BCUT2D eigenvalue weighted by Crippen LogP contribution is 2.24. The van der Waals surface area contributed by atoms with Crippen molar-refractivity contribution in [3.8, 4) is 5.75 Å². The average molecular weight is 409 g/mol. The molecule has 25 heavy (non-hydrogen) atoms. The summed E-state index contributed by atoms with van der Waals surface area (Å²) >= 11 is 3.49. The number of halogens is 1. The maximum atomic E-state index is 5.93. The third-order valence-corrected chi connectivity index (χ3v) is 4.08. The Morgan fingerprint density at radius 1 is 1.32 bits per heavy atom. The van der Waals surface area contributed by atoms with Gasteiger partial charge < -0.3 is 19.9 Å². The van der Waals surface area contributed by atoms with E-state index in [1.54, 1.807) is 0 Å². The standard InChI is InChI=1S/C18H25BrN4O2/c1-4-14-10-15(25-23-14)12-22-18(20-5-2)21-11-13(3)24-17-9-7-6-8-16(17)19/h6-10,13H,4-5,11-12H2,1-3H3,(H2,20,21,22). The van der Waals surface area contributed by atoms with Gasteiger partial charge in [0, 0.05) is 12.6 Å². The summed E-state index contributed by atoms with van der Waals surface area (Å²) in [6, 6.07) is 9.75. The number of aromatic nitrogens is 1. The predicted octanol–water partition coefficient (Wildman–Crippen LogP) is 3.52. The van der Waals surface area contributed by atoms with Gasteiger partial charge in [0.05, 0.1) is 16.7 Å². The third kappa shape index (κ3) is 6.42. The molecule has 0 aliphatic rings. The Labute approximate surface area is 157 Å². The number of hydrogen-bond donors (Lipinski definition) is 2. The van der Waals surface area contributed by atoms with E-state index in [0.29, 0.717) is 13.1 Å². The van der Waals surface area contributed by atoms with E-state index in [4.69, 9.17) is 9.26 Å². The van der Waals surface area contributed by atoms with Gasteiger partial charge in [-0.1, -0.05) is 24.2 Å². The second-order valence-electron chi connectivity index (χ2n) is 5.57. The van der Waals surface area contributed by atoms with Crippen molar-refractivity contribution in [2.75, 3.05) is 13.1 Å². The number of para-hydroxylation sites is 1. The molecular weight excluding hydrogens is 384 g/mol. The summed E-state index contributed by atoms with van der Waals surface area (Å²) in [5.41, 5.74) is 0.943. The highest BCUT2D eigenvalue weighted by Gasteiger charge is 2.08. The molecule has 0 amide bonds. The van der Waals surface area contributed by atoms with E-state index in [1.165, 1.54) is 0 Å². The molecule has 1 heterocycles. The maximum Gasteiger partial charge on any atom is 0.191 e. The van der Waals surface area contributed by atoms with Gasteiger partial charge >= 0.3 is 0 Å². The van der Waals surface area contributed by atoms with Gasteiger partial charge in [0.2, 0.25) is 0 Å². The second-order valence-corrected chi connectivity index (χ2v) is 6.43. The third-order valence-electron chi connectivity index (χ3n) is 3.43. The molecule has 0 spiro atoms. The first-order valence-corrected chi connectivity index (χ1v) is 9.29. The van der Waals surface area contributed by atoms with Crippen LogP contribution in [0.2, 0.25) is 0 Å². The molecule has 7 heteroatoms. The van der Waals surface area contributed by atoms with Crippen molar-refractivity contribution < 1.29 is 9.26 Å².